The number of carbonyl (C=O) groups excluding carboxylic acids is 1. The number of carbonyl (C=O) groups is 1. The van der Waals surface area contributed by atoms with Gasteiger partial charge in [-0.05, 0) is 30.5 Å². The number of esters is 1. The lowest BCUT2D eigenvalue weighted by atomic mass is 10.0. The van der Waals surface area contributed by atoms with Crippen molar-refractivity contribution in [1.29, 1.82) is 0 Å². The zero-order valence-electron chi connectivity index (χ0n) is 14.4. The molecule has 0 radical (unpaired) electrons. The summed E-state index contributed by atoms with van der Waals surface area (Å²) in [4.78, 5) is 16.5. The highest BCUT2D eigenvalue weighted by Gasteiger charge is 2.24. The summed E-state index contributed by atoms with van der Waals surface area (Å²) < 4.78 is 33.4. The summed E-state index contributed by atoms with van der Waals surface area (Å²) in [5.74, 6) is -2.55. The van der Waals surface area contributed by atoms with E-state index in [0.29, 0.717) is 22.5 Å². The van der Waals surface area contributed by atoms with Gasteiger partial charge in [0.15, 0.2) is 22.4 Å². The van der Waals surface area contributed by atoms with Crippen LogP contribution >= 0.6 is 11.6 Å². The summed E-state index contributed by atoms with van der Waals surface area (Å²) in [7, 11) is 0. The van der Waals surface area contributed by atoms with Gasteiger partial charge < -0.3 is 4.74 Å². The number of ether oxygens (including phenoxy) is 1. The molecule has 136 valence electrons. The minimum atomic E-state index is -0.995. The smallest absolute Gasteiger partial charge is 0.341 e. The summed E-state index contributed by atoms with van der Waals surface area (Å²) >= 11 is 6.26. The van der Waals surface area contributed by atoms with Crippen molar-refractivity contribution in [3.63, 3.8) is 0 Å². The van der Waals surface area contributed by atoms with Gasteiger partial charge in [0.25, 0.3) is 0 Å². The average molecular weight is 380 g/mol. The Bertz CT molecular complexity index is 1000. The first kappa shape index (κ1) is 18.3. The molecule has 5 nitrogen and oxygen atoms in total. The van der Waals surface area contributed by atoms with E-state index < -0.39 is 17.6 Å². The monoisotopic (exact) mass is 379 g/mol. The van der Waals surface area contributed by atoms with Gasteiger partial charge in [-0.15, -0.1) is 0 Å². The molecule has 0 saturated carbocycles. The zero-order valence-corrected chi connectivity index (χ0v) is 15.1. The van der Waals surface area contributed by atoms with Gasteiger partial charge in [0.1, 0.15) is 0 Å². The number of fused-ring (bicyclic) bond motifs is 1. The quantitative estimate of drug-likeness (QED) is 0.620. The molecule has 3 aromatic rings. The lowest BCUT2D eigenvalue weighted by Crippen LogP contribution is -2.14. The molecule has 2 heterocycles. The van der Waals surface area contributed by atoms with E-state index in [1.807, 2.05) is 13.8 Å². The Labute approximate surface area is 153 Å². The molecule has 0 amide bonds. The first-order valence-corrected chi connectivity index (χ1v) is 8.42. The zero-order chi connectivity index (χ0) is 19.0. The van der Waals surface area contributed by atoms with Crippen LogP contribution in [0.2, 0.25) is 5.15 Å². The summed E-state index contributed by atoms with van der Waals surface area (Å²) in [5, 5.41) is 4.34. The number of aromatic nitrogens is 3. The lowest BCUT2D eigenvalue weighted by molar-refractivity contribution is 0.0523. The van der Waals surface area contributed by atoms with Crippen LogP contribution in [0.4, 0.5) is 8.78 Å². The fraction of sp³-hybridized carbons (Fsp3) is 0.278. The van der Waals surface area contributed by atoms with Gasteiger partial charge in [0, 0.05) is 6.20 Å². The van der Waals surface area contributed by atoms with E-state index in [0.717, 1.165) is 12.1 Å². The first-order chi connectivity index (χ1) is 12.3. The molecule has 0 unspecified atom stereocenters. The minimum absolute atomic E-state index is 0.0754. The first-order valence-electron chi connectivity index (χ1n) is 8.04. The third-order valence-corrected chi connectivity index (χ3v) is 4.15. The van der Waals surface area contributed by atoms with Crippen molar-refractivity contribution in [3.05, 3.63) is 52.4 Å². The van der Waals surface area contributed by atoms with Gasteiger partial charge in [0.05, 0.1) is 23.4 Å². The van der Waals surface area contributed by atoms with E-state index in [1.54, 1.807) is 6.92 Å². The molecule has 0 aliphatic carbocycles. The molecule has 2 aromatic heterocycles. The normalized spacial score (nSPS) is 11.3. The number of nitrogens with zero attached hydrogens (tertiary/aromatic N) is 3. The fourth-order valence-electron chi connectivity index (χ4n) is 2.80. The standard InChI is InChI=1S/C18H16ClF2N3O2/c1-4-26-18(25)11-8-22-17-14(10-5-6-12(20)13(21)7-10)16(19)23-24(17)15(11)9(2)3/h5-9H,4H2,1-3H3. The van der Waals surface area contributed by atoms with Crippen molar-refractivity contribution in [3.8, 4) is 11.1 Å². The van der Waals surface area contributed by atoms with Crippen molar-refractivity contribution < 1.29 is 18.3 Å². The van der Waals surface area contributed by atoms with Crippen LogP contribution in [0.15, 0.2) is 24.4 Å². The van der Waals surface area contributed by atoms with Crippen molar-refractivity contribution in [2.75, 3.05) is 6.61 Å². The Hall–Kier alpha value is -2.54. The molecular formula is C18H16ClF2N3O2. The fourth-order valence-corrected chi connectivity index (χ4v) is 3.07. The predicted molar refractivity (Wildman–Crippen MR) is 93.4 cm³/mol. The molecule has 3 rings (SSSR count). The largest absolute Gasteiger partial charge is 0.462 e. The molecule has 0 spiro atoms. The van der Waals surface area contributed by atoms with Crippen LogP contribution in [0.1, 0.15) is 42.7 Å². The lowest BCUT2D eigenvalue weighted by Gasteiger charge is -2.13. The number of hydrogen-bond donors (Lipinski definition) is 0. The number of rotatable bonds is 4. The topological polar surface area (TPSA) is 56.5 Å². The highest BCUT2D eigenvalue weighted by atomic mass is 35.5. The van der Waals surface area contributed by atoms with Crippen LogP contribution in [0.5, 0.6) is 0 Å². The van der Waals surface area contributed by atoms with E-state index in [-0.39, 0.29) is 23.2 Å². The van der Waals surface area contributed by atoms with Crippen LogP contribution in [0.3, 0.4) is 0 Å². The molecule has 0 saturated heterocycles. The summed E-state index contributed by atoms with van der Waals surface area (Å²) in [6, 6.07) is 3.45. The summed E-state index contributed by atoms with van der Waals surface area (Å²) in [5.41, 5.74) is 1.91. The van der Waals surface area contributed by atoms with E-state index in [2.05, 4.69) is 10.1 Å². The molecule has 0 aliphatic rings. The van der Waals surface area contributed by atoms with E-state index in [1.165, 1.54) is 16.8 Å². The highest BCUT2D eigenvalue weighted by Crippen LogP contribution is 2.34. The van der Waals surface area contributed by atoms with Crippen LogP contribution in [0, 0.1) is 11.6 Å². The average Bonchev–Trinajstić information content (AvgIpc) is 2.92. The molecule has 0 atom stereocenters. The van der Waals surface area contributed by atoms with Gasteiger partial charge in [-0.2, -0.15) is 5.10 Å². The maximum absolute atomic E-state index is 13.6. The Balaban J connectivity index is 2.28. The van der Waals surface area contributed by atoms with Crippen molar-refractivity contribution >= 4 is 23.2 Å². The van der Waals surface area contributed by atoms with Crippen molar-refractivity contribution in [2.24, 2.45) is 0 Å². The van der Waals surface area contributed by atoms with Crippen molar-refractivity contribution in [2.45, 2.75) is 26.7 Å². The molecule has 0 N–H and O–H groups in total. The Morgan fingerprint density at radius 2 is 2.04 bits per heavy atom. The molecular weight excluding hydrogens is 364 g/mol. The van der Waals surface area contributed by atoms with E-state index >= 15 is 0 Å². The molecule has 8 heteroatoms. The SMILES string of the molecule is CCOC(=O)c1cnc2c(-c3ccc(F)c(F)c3)c(Cl)nn2c1C(C)C. The summed E-state index contributed by atoms with van der Waals surface area (Å²) in [6.45, 7) is 5.73. The number of benzene rings is 1. The molecule has 0 fully saturated rings. The second-order valence-electron chi connectivity index (χ2n) is 5.96. The third kappa shape index (κ3) is 3.03. The maximum atomic E-state index is 13.6. The van der Waals surface area contributed by atoms with Crippen LogP contribution in [0.25, 0.3) is 16.8 Å². The van der Waals surface area contributed by atoms with Crippen molar-refractivity contribution in [1.82, 2.24) is 14.6 Å². The van der Waals surface area contributed by atoms with E-state index in [9.17, 15) is 13.6 Å². The minimum Gasteiger partial charge on any atom is -0.462 e. The Morgan fingerprint density at radius 3 is 2.65 bits per heavy atom. The van der Waals surface area contributed by atoms with Crippen LogP contribution in [-0.2, 0) is 4.74 Å². The van der Waals surface area contributed by atoms with Gasteiger partial charge in [-0.25, -0.2) is 23.1 Å². The number of halogens is 3. The third-order valence-electron chi connectivity index (χ3n) is 3.89. The van der Waals surface area contributed by atoms with Gasteiger partial charge >= 0.3 is 5.97 Å². The molecule has 26 heavy (non-hydrogen) atoms. The second kappa shape index (κ2) is 6.99. The second-order valence-corrected chi connectivity index (χ2v) is 6.32. The van der Waals surface area contributed by atoms with E-state index in [4.69, 9.17) is 16.3 Å². The summed E-state index contributed by atoms with van der Waals surface area (Å²) in [6.07, 6.45) is 1.39. The van der Waals surface area contributed by atoms with Gasteiger partial charge in [-0.1, -0.05) is 31.5 Å². The van der Waals surface area contributed by atoms with Gasteiger partial charge in [-0.3, -0.25) is 0 Å². The molecule has 1 aromatic carbocycles. The predicted octanol–water partition coefficient (Wildman–Crippen LogP) is 4.63. The Morgan fingerprint density at radius 1 is 1.31 bits per heavy atom. The maximum Gasteiger partial charge on any atom is 0.341 e. The molecule has 0 bridgehead atoms. The Kier molecular flexibility index (Phi) is 4.91. The number of hydrogen-bond acceptors (Lipinski definition) is 4. The highest BCUT2D eigenvalue weighted by molar-refractivity contribution is 6.33. The van der Waals surface area contributed by atoms with Crippen LogP contribution < -0.4 is 0 Å². The molecule has 0 aliphatic heterocycles. The van der Waals surface area contributed by atoms with Gasteiger partial charge in [0.2, 0.25) is 0 Å². The van der Waals surface area contributed by atoms with Crippen LogP contribution in [-0.4, -0.2) is 27.2 Å².